The molecule has 1 saturated carbocycles. The third-order valence-electron chi connectivity index (χ3n) is 3.67. The molecule has 0 aromatic carbocycles. The molecular weight excluding hydrogens is 301 g/mol. The van der Waals surface area contributed by atoms with Gasteiger partial charge in [-0.1, -0.05) is 0 Å². The second-order valence-electron chi connectivity index (χ2n) is 5.34. The molecule has 0 unspecified atom stereocenters. The fourth-order valence-electron chi connectivity index (χ4n) is 2.51. The van der Waals surface area contributed by atoms with E-state index in [1.807, 2.05) is 0 Å². The molecule has 0 spiro atoms. The van der Waals surface area contributed by atoms with Crippen molar-refractivity contribution in [2.75, 3.05) is 0 Å². The Bertz CT molecular complexity index is 645. The van der Waals surface area contributed by atoms with Gasteiger partial charge in [-0.05, 0) is 25.7 Å². The molecule has 23 heavy (non-hydrogen) atoms. The monoisotopic (exact) mass is 317 g/mol. The quantitative estimate of drug-likeness (QED) is 0.919. The van der Waals surface area contributed by atoms with Crippen molar-refractivity contribution in [3.05, 3.63) is 42.5 Å². The van der Waals surface area contributed by atoms with Crippen molar-refractivity contribution in [2.24, 2.45) is 0 Å². The zero-order valence-corrected chi connectivity index (χ0v) is 12.4. The van der Waals surface area contributed by atoms with E-state index < -0.39 is 5.82 Å². The average molecular weight is 317 g/mol. The highest BCUT2D eigenvalue weighted by Crippen LogP contribution is 2.22. The number of carbonyl (C=O) groups excluding carboxylic acids is 1. The minimum absolute atomic E-state index is 0.0230. The molecule has 0 bridgehead atoms. The number of carbonyl (C=O) groups is 1. The second-order valence-corrected chi connectivity index (χ2v) is 5.34. The number of ether oxygens (including phenoxy) is 1. The fraction of sp³-hybridized carbons (Fsp3) is 0.400. The molecule has 0 radical (unpaired) electrons. The van der Waals surface area contributed by atoms with E-state index >= 15 is 0 Å². The molecule has 2 heterocycles. The molecule has 1 fully saturated rings. The highest BCUT2D eigenvalue weighted by Gasteiger charge is 2.24. The van der Waals surface area contributed by atoms with Crippen molar-refractivity contribution in [1.29, 1.82) is 0 Å². The first kappa shape index (κ1) is 15.3. The van der Waals surface area contributed by atoms with Gasteiger partial charge in [0.2, 0.25) is 0 Å². The third-order valence-corrected chi connectivity index (χ3v) is 3.67. The number of halogens is 1. The van der Waals surface area contributed by atoms with Gasteiger partial charge in [0.15, 0.2) is 5.82 Å². The minimum Gasteiger partial charge on any atom is -0.460 e. The van der Waals surface area contributed by atoms with Crippen LogP contribution in [0, 0.1) is 5.82 Å². The number of amides is 1. The molecular formula is C15H16FN5O2. The van der Waals surface area contributed by atoms with Crippen molar-refractivity contribution in [3.8, 4) is 6.01 Å². The summed E-state index contributed by atoms with van der Waals surface area (Å²) in [5.41, 5.74) is 0.311. The molecule has 0 saturated heterocycles. The maximum Gasteiger partial charge on any atom is 0.316 e. The van der Waals surface area contributed by atoms with Crippen LogP contribution < -0.4 is 10.1 Å². The number of nitrogens with zero attached hydrogens (tertiary/aromatic N) is 4. The standard InChI is InChI=1S/C15H16FN5O2/c16-10-7-19-15(20-8-10)23-12-3-1-11(2-4-12)21-14(22)13-9-17-5-6-18-13/h5-9,11-12H,1-4H2,(H,21,22). The normalized spacial score (nSPS) is 20.7. The van der Waals surface area contributed by atoms with Crippen LogP contribution >= 0.6 is 0 Å². The van der Waals surface area contributed by atoms with Gasteiger partial charge in [0.05, 0.1) is 18.6 Å². The number of rotatable bonds is 4. The summed E-state index contributed by atoms with van der Waals surface area (Å²) >= 11 is 0. The lowest BCUT2D eigenvalue weighted by Gasteiger charge is -2.28. The molecule has 0 aliphatic heterocycles. The first-order valence-electron chi connectivity index (χ1n) is 7.42. The van der Waals surface area contributed by atoms with Gasteiger partial charge in [-0.2, -0.15) is 0 Å². The van der Waals surface area contributed by atoms with Gasteiger partial charge in [-0.15, -0.1) is 0 Å². The van der Waals surface area contributed by atoms with Crippen LogP contribution in [0.2, 0.25) is 0 Å². The van der Waals surface area contributed by atoms with Crippen LogP contribution in [0.1, 0.15) is 36.2 Å². The van der Waals surface area contributed by atoms with Crippen LogP contribution in [0.15, 0.2) is 31.0 Å². The lowest BCUT2D eigenvalue weighted by Crippen LogP contribution is -2.40. The molecule has 1 aliphatic rings. The molecule has 2 aromatic heterocycles. The Kier molecular flexibility index (Phi) is 4.70. The Morgan fingerprint density at radius 3 is 2.48 bits per heavy atom. The molecule has 8 heteroatoms. The van der Waals surface area contributed by atoms with Crippen molar-refractivity contribution in [3.63, 3.8) is 0 Å². The van der Waals surface area contributed by atoms with Gasteiger partial charge in [-0.3, -0.25) is 9.78 Å². The van der Waals surface area contributed by atoms with Crippen LogP contribution in [-0.2, 0) is 0 Å². The predicted octanol–water partition coefficient (Wildman–Crippen LogP) is 1.53. The zero-order valence-electron chi connectivity index (χ0n) is 12.4. The summed E-state index contributed by atoms with van der Waals surface area (Å²) in [5, 5.41) is 2.95. The van der Waals surface area contributed by atoms with Crippen molar-refractivity contribution < 1.29 is 13.9 Å². The summed E-state index contributed by atoms with van der Waals surface area (Å²) in [6, 6.07) is 0.261. The largest absolute Gasteiger partial charge is 0.460 e. The lowest BCUT2D eigenvalue weighted by atomic mass is 9.93. The molecule has 3 rings (SSSR count). The van der Waals surface area contributed by atoms with E-state index in [0.29, 0.717) is 5.69 Å². The number of aromatic nitrogens is 4. The van der Waals surface area contributed by atoms with Crippen LogP contribution in [0.25, 0.3) is 0 Å². The van der Waals surface area contributed by atoms with E-state index in [4.69, 9.17) is 4.74 Å². The first-order chi connectivity index (χ1) is 11.2. The van der Waals surface area contributed by atoms with E-state index in [-0.39, 0.29) is 24.1 Å². The number of hydrogen-bond acceptors (Lipinski definition) is 6. The maximum atomic E-state index is 12.7. The highest BCUT2D eigenvalue weighted by atomic mass is 19.1. The Hall–Kier alpha value is -2.64. The number of hydrogen-bond donors (Lipinski definition) is 1. The van der Waals surface area contributed by atoms with E-state index in [0.717, 1.165) is 38.1 Å². The summed E-state index contributed by atoms with van der Waals surface area (Å²) in [6.45, 7) is 0. The van der Waals surface area contributed by atoms with E-state index in [1.165, 1.54) is 18.6 Å². The topological polar surface area (TPSA) is 89.9 Å². The van der Waals surface area contributed by atoms with Crippen molar-refractivity contribution in [1.82, 2.24) is 25.3 Å². The Labute approximate surface area is 132 Å². The third kappa shape index (κ3) is 4.18. The van der Waals surface area contributed by atoms with Crippen LogP contribution in [0.4, 0.5) is 4.39 Å². The first-order valence-corrected chi connectivity index (χ1v) is 7.42. The highest BCUT2D eigenvalue weighted by molar-refractivity contribution is 5.92. The van der Waals surface area contributed by atoms with Gasteiger partial charge in [0, 0.05) is 18.4 Å². The molecule has 1 amide bonds. The van der Waals surface area contributed by atoms with E-state index in [1.54, 1.807) is 0 Å². The van der Waals surface area contributed by atoms with Gasteiger partial charge >= 0.3 is 6.01 Å². The Morgan fingerprint density at radius 2 is 1.83 bits per heavy atom. The summed E-state index contributed by atoms with van der Waals surface area (Å²) in [7, 11) is 0. The Morgan fingerprint density at radius 1 is 1.09 bits per heavy atom. The number of nitrogens with one attached hydrogen (secondary N) is 1. The van der Waals surface area contributed by atoms with Gasteiger partial charge in [0.25, 0.3) is 5.91 Å². The molecule has 1 N–H and O–H groups in total. The maximum absolute atomic E-state index is 12.7. The average Bonchev–Trinajstić information content (AvgIpc) is 2.59. The molecule has 0 atom stereocenters. The molecule has 2 aromatic rings. The molecule has 1 aliphatic carbocycles. The summed E-state index contributed by atoms with van der Waals surface area (Å²) in [6.07, 6.45) is 9.71. The van der Waals surface area contributed by atoms with E-state index in [9.17, 15) is 9.18 Å². The van der Waals surface area contributed by atoms with Crippen molar-refractivity contribution in [2.45, 2.75) is 37.8 Å². The molecule has 120 valence electrons. The van der Waals surface area contributed by atoms with Crippen LogP contribution in [0.5, 0.6) is 6.01 Å². The Balaban J connectivity index is 1.47. The van der Waals surface area contributed by atoms with Crippen LogP contribution in [0.3, 0.4) is 0 Å². The summed E-state index contributed by atoms with van der Waals surface area (Å²) < 4.78 is 18.4. The van der Waals surface area contributed by atoms with Gasteiger partial charge < -0.3 is 10.1 Å². The minimum atomic E-state index is -0.493. The second kappa shape index (κ2) is 7.08. The molecule has 7 nitrogen and oxygen atoms in total. The van der Waals surface area contributed by atoms with E-state index in [2.05, 4.69) is 25.3 Å². The SMILES string of the molecule is O=C(NC1CCC(Oc2ncc(F)cn2)CC1)c1cnccn1. The zero-order chi connectivity index (χ0) is 16.1. The smallest absolute Gasteiger partial charge is 0.316 e. The van der Waals surface area contributed by atoms with Gasteiger partial charge in [0.1, 0.15) is 11.8 Å². The fourth-order valence-corrected chi connectivity index (χ4v) is 2.51. The lowest BCUT2D eigenvalue weighted by molar-refractivity contribution is 0.0880. The predicted molar refractivity (Wildman–Crippen MR) is 78.2 cm³/mol. The van der Waals surface area contributed by atoms with Crippen molar-refractivity contribution >= 4 is 5.91 Å². The summed E-state index contributed by atoms with van der Waals surface area (Å²) in [4.78, 5) is 27.4. The van der Waals surface area contributed by atoms with Crippen LogP contribution in [-0.4, -0.2) is 38.0 Å². The summed E-state index contributed by atoms with van der Waals surface area (Å²) in [5.74, 6) is -0.711. The van der Waals surface area contributed by atoms with Gasteiger partial charge in [-0.25, -0.2) is 19.3 Å².